The van der Waals surface area contributed by atoms with Gasteiger partial charge in [-0.05, 0) is 31.2 Å². The lowest BCUT2D eigenvalue weighted by atomic mass is 10.0. The third-order valence-electron chi connectivity index (χ3n) is 3.97. The minimum Gasteiger partial charge on any atom is -0.314 e. The highest BCUT2D eigenvalue weighted by molar-refractivity contribution is 7.91. The van der Waals surface area contributed by atoms with Gasteiger partial charge in [-0.15, -0.1) is 0 Å². The van der Waals surface area contributed by atoms with E-state index in [-0.39, 0.29) is 10.6 Å². The molecule has 5 heteroatoms. The van der Waals surface area contributed by atoms with Crippen LogP contribution < -0.4 is 0 Å². The number of aromatic nitrogens is 1. The van der Waals surface area contributed by atoms with E-state index < -0.39 is 9.84 Å². The van der Waals surface area contributed by atoms with E-state index in [9.17, 15) is 13.2 Å². The summed E-state index contributed by atoms with van der Waals surface area (Å²) in [5.41, 5.74) is 3.48. The second-order valence-corrected chi connectivity index (χ2v) is 7.71. The van der Waals surface area contributed by atoms with Crippen LogP contribution in [0.5, 0.6) is 0 Å². The van der Waals surface area contributed by atoms with Gasteiger partial charge >= 0.3 is 0 Å². The Kier molecular flexibility index (Phi) is 3.82. The number of carbonyl (C=O) groups is 1. The van der Waals surface area contributed by atoms with Gasteiger partial charge < -0.3 is 4.40 Å². The first-order valence-electron chi connectivity index (χ1n) is 7.37. The van der Waals surface area contributed by atoms with Crippen LogP contribution in [0.1, 0.15) is 23.0 Å². The molecule has 23 heavy (non-hydrogen) atoms. The Morgan fingerprint density at radius 3 is 2.57 bits per heavy atom. The molecule has 4 nitrogen and oxygen atoms in total. The number of rotatable bonds is 4. The molecule has 0 aliphatic carbocycles. The summed E-state index contributed by atoms with van der Waals surface area (Å²) in [6.45, 7) is 3.53. The molecule has 0 fully saturated rings. The monoisotopic (exact) mass is 327 g/mol. The van der Waals surface area contributed by atoms with E-state index in [1.54, 1.807) is 29.7 Å². The zero-order valence-electron chi connectivity index (χ0n) is 13.0. The summed E-state index contributed by atoms with van der Waals surface area (Å²) in [5.74, 6) is 0.0207. The van der Waals surface area contributed by atoms with E-state index >= 15 is 0 Å². The van der Waals surface area contributed by atoms with Gasteiger partial charge in [-0.25, -0.2) is 8.42 Å². The van der Waals surface area contributed by atoms with Crippen LogP contribution in [0, 0.1) is 6.92 Å². The van der Waals surface area contributed by atoms with E-state index in [0.29, 0.717) is 16.8 Å². The number of hydrogen-bond acceptors (Lipinski definition) is 3. The molecule has 2 heterocycles. The highest BCUT2D eigenvalue weighted by Crippen LogP contribution is 2.33. The van der Waals surface area contributed by atoms with Gasteiger partial charge in [0, 0.05) is 22.8 Å². The van der Waals surface area contributed by atoms with Crippen molar-refractivity contribution in [3.63, 3.8) is 0 Å². The fourth-order valence-electron chi connectivity index (χ4n) is 2.76. The van der Waals surface area contributed by atoms with Crippen molar-refractivity contribution < 1.29 is 13.2 Å². The van der Waals surface area contributed by atoms with Gasteiger partial charge in [0.05, 0.1) is 16.3 Å². The molecule has 0 bridgehead atoms. The molecule has 3 aromatic rings. The van der Waals surface area contributed by atoms with Crippen LogP contribution in [0.2, 0.25) is 0 Å². The van der Waals surface area contributed by atoms with Crippen molar-refractivity contribution >= 4 is 21.6 Å². The number of sulfone groups is 1. The summed E-state index contributed by atoms with van der Waals surface area (Å²) in [6.07, 6.45) is 2.57. The Hall–Kier alpha value is -2.40. The van der Waals surface area contributed by atoms with Crippen molar-refractivity contribution in [3.05, 3.63) is 59.9 Å². The van der Waals surface area contributed by atoms with Crippen LogP contribution in [0.15, 0.2) is 53.6 Å². The number of hydrogen-bond donors (Lipinski definition) is 0. The molecule has 0 saturated heterocycles. The van der Waals surface area contributed by atoms with Gasteiger partial charge in [0.25, 0.3) is 0 Å². The SMILES string of the molecule is CCS(=O)(=O)c1ccc(C)cc1-c1cc2ccccn2c1C=O. The van der Waals surface area contributed by atoms with Gasteiger partial charge in [-0.1, -0.05) is 30.7 Å². The quantitative estimate of drug-likeness (QED) is 0.689. The topological polar surface area (TPSA) is 55.6 Å². The van der Waals surface area contributed by atoms with Crippen molar-refractivity contribution in [1.82, 2.24) is 4.40 Å². The lowest BCUT2D eigenvalue weighted by Crippen LogP contribution is -2.06. The van der Waals surface area contributed by atoms with E-state index in [1.165, 1.54) is 0 Å². The molecule has 3 rings (SSSR count). The summed E-state index contributed by atoms with van der Waals surface area (Å²) >= 11 is 0. The average molecular weight is 327 g/mol. The molecule has 118 valence electrons. The summed E-state index contributed by atoms with van der Waals surface area (Å²) in [7, 11) is -3.38. The zero-order chi connectivity index (χ0) is 16.6. The van der Waals surface area contributed by atoms with Gasteiger partial charge in [0.15, 0.2) is 16.1 Å². The maximum absolute atomic E-state index is 12.4. The van der Waals surface area contributed by atoms with E-state index in [0.717, 1.165) is 17.4 Å². The van der Waals surface area contributed by atoms with Crippen LogP contribution in [-0.4, -0.2) is 24.9 Å². The summed E-state index contributed by atoms with van der Waals surface area (Å²) < 4.78 is 26.6. The molecule has 0 saturated carbocycles. The van der Waals surface area contributed by atoms with Crippen LogP contribution in [0.25, 0.3) is 16.6 Å². The average Bonchev–Trinajstić information content (AvgIpc) is 2.93. The minimum atomic E-state index is -3.38. The molecule has 1 aromatic carbocycles. The molecule has 0 spiro atoms. The Morgan fingerprint density at radius 1 is 1.09 bits per heavy atom. The van der Waals surface area contributed by atoms with Gasteiger partial charge in [0.1, 0.15) is 0 Å². The molecule has 0 aliphatic rings. The second kappa shape index (κ2) is 5.66. The third-order valence-corrected chi connectivity index (χ3v) is 5.76. The van der Waals surface area contributed by atoms with E-state index in [1.807, 2.05) is 37.3 Å². The minimum absolute atomic E-state index is 0.0207. The molecular weight excluding hydrogens is 310 g/mol. The Bertz CT molecular complexity index is 1000. The highest BCUT2D eigenvalue weighted by Gasteiger charge is 2.21. The van der Waals surface area contributed by atoms with E-state index in [4.69, 9.17) is 0 Å². The molecular formula is C18H17NO3S. The fourth-order valence-corrected chi connectivity index (χ4v) is 3.85. The number of aldehydes is 1. The fraction of sp³-hybridized carbons (Fsp3) is 0.167. The normalized spacial score (nSPS) is 11.7. The number of benzene rings is 1. The van der Waals surface area contributed by atoms with Crippen LogP contribution in [0.4, 0.5) is 0 Å². The summed E-state index contributed by atoms with van der Waals surface area (Å²) in [6, 6.07) is 12.7. The smallest absolute Gasteiger partial charge is 0.178 e. The van der Waals surface area contributed by atoms with E-state index in [2.05, 4.69) is 0 Å². The molecule has 0 amide bonds. The number of carbonyl (C=O) groups excluding carboxylic acids is 1. The lowest BCUT2D eigenvalue weighted by molar-refractivity contribution is 0.111. The molecule has 0 radical (unpaired) electrons. The van der Waals surface area contributed by atoms with Crippen LogP contribution in [0.3, 0.4) is 0 Å². The number of fused-ring (bicyclic) bond motifs is 1. The standard InChI is InChI=1S/C18H17NO3S/c1-3-23(21,22)18-8-7-13(2)10-16(18)15-11-14-6-4-5-9-19(14)17(15)12-20/h4-12H,3H2,1-2H3. The first kappa shape index (κ1) is 15.5. The van der Waals surface area contributed by atoms with Crippen molar-refractivity contribution in [2.45, 2.75) is 18.7 Å². The number of pyridine rings is 1. The van der Waals surface area contributed by atoms with Crippen LogP contribution >= 0.6 is 0 Å². The zero-order valence-corrected chi connectivity index (χ0v) is 13.8. The molecule has 0 atom stereocenters. The Balaban J connectivity index is 2.40. The van der Waals surface area contributed by atoms with Gasteiger partial charge in [-0.2, -0.15) is 0 Å². The van der Waals surface area contributed by atoms with Gasteiger partial charge in [0.2, 0.25) is 0 Å². The summed E-state index contributed by atoms with van der Waals surface area (Å²) in [5, 5.41) is 0. The number of nitrogens with zero attached hydrogens (tertiary/aromatic N) is 1. The number of aryl methyl sites for hydroxylation is 1. The highest BCUT2D eigenvalue weighted by atomic mass is 32.2. The molecule has 0 unspecified atom stereocenters. The van der Waals surface area contributed by atoms with Crippen molar-refractivity contribution in [2.24, 2.45) is 0 Å². The first-order valence-corrected chi connectivity index (χ1v) is 9.02. The maximum atomic E-state index is 12.4. The first-order chi connectivity index (χ1) is 11.0. The maximum Gasteiger partial charge on any atom is 0.178 e. The van der Waals surface area contributed by atoms with Crippen LogP contribution in [-0.2, 0) is 9.84 Å². The Labute approximate surface area is 135 Å². The van der Waals surface area contributed by atoms with Crippen molar-refractivity contribution in [3.8, 4) is 11.1 Å². The molecule has 2 aromatic heterocycles. The lowest BCUT2D eigenvalue weighted by Gasteiger charge is -2.10. The second-order valence-electron chi connectivity index (χ2n) is 5.46. The third kappa shape index (κ3) is 2.57. The van der Waals surface area contributed by atoms with Crippen molar-refractivity contribution in [1.29, 1.82) is 0 Å². The largest absolute Gasteiger partial charge is 0.314 e. The van der Waals surface area contributed by atoms with Gasteiger partial charge in [-0.3, -0.25) is 4.79 Å². The molecule has 0 N–H and O–H groups in total. The predicted molar refractivity (Wildman–Crippen MR) is 90.7 cm³/mol. The summed E-state index contributed by atoms with van der Waals surface area (Å²) in [4.78, 5) is 11.9. The van der Waals surface area contributed by atoms with Crippen molar-refractivity contribution in [2.75, 3.05) is 5.75 Å². The Morgan fingerprint density at radius 2 is 1.87 bits per heavy atom. The predicted octanol–water partition coefficient (Wildman–Crippen LogP) is 3.52. The molecule has 0 aliphatic heterocycles.